The van der Waals surface area contributed by atoms with E-state index >= 15 is 0 Å². The Bertz CT molecular complexity index is 1390. The molecule has 0 saturated heterocycles. The molecule has 0 aliphatic rings. The van der Waals surface area contributed by atoms with Gasteiger partial charge in [-0.2, -0.15) is 9.78 Å². The summed E-state index contributed by atoms with van der Waals surface area (Å²) in [4.78, 5) is 39.2. The zero-order chi connectivity index (χ0) is 24.3. The lowest BCUT2D eigenvalue weighted by Gasteiger charge is -2.14. The summed E-state index contributed by atoms with van der Waals surface area (Å²) >= 11 is 0. The molecule has 33 heavy (non-hydrogen) atoms. The van der Waals surface area contributed by atoms with Crippen LogP contribution in [-0.4, -0.2) is 41.0 Å². The number of sulfone groups is 1. The topological polar surface area (TPSA) is 120 Å². The zero-order valence-electron chi connectivity index (χ0n) is 18.9. The molecular weight excluding hydrogens is 444 g/mol. The van der Waals surface area contributed by atoms with Crippen molar-refractivity contribution in [1.82, 2.24) is 19.7 Å². The van der Waals surface area contributed by atoms with Crippen LogP contribution < -0.4 is 16.6 Å². The average molecular weight is 471 g/mol. The molecule has 0 radical (unpaired) electrons. The van der Waals surface area contributed by atoms with E-state index < -0.39 is 32.7 Å². The number of benzene rings is 2. The minimum Gasteiger partial charge on any atom is -0.348 e. The molecule has 1 heterocycles. The molecule has 0 aliphatic carbocycles. The second-order valence-corrected chi connectivity index (χ2v) is 9.98. The largest absolute Gasteiger partial charge is 0.352 e. The van der Waals surface area contributed by atoms with Crippen molar-refractivity contribution in [2.45, 2.75) is 44.7 Å². The van der Waals surface area contributed by atoms with Gasteiger partial charge in [-0.1, -0.05) is 36.8 Å². The van der Waals surface area contributed by atoms with Gasteiger partial charge in [0.25, 0.3) is 11.5 Å². The highest BCUT2D eigenvalue weighted by Gasteiger charge is 2.21. The van der Waals surface area contributed by atoms with Gasteiger partial charge in [0, 0.05) is 12.3 Å². The molecule has 0 aliphatic heterocycles. The molecule has 0 spiro atoms. The zero-order valence-corrected chi connectivity index (χ0v) is 19.7. The highest BCUT2D eigenvalue weighted by Crippen LogP contribution is 2.12. The van der Waals surface area contributed by atoms with Crippen molar-refractivity contribution in [3.8, 4) is 5.69 Å². The van der Waals surface area contributed by atoms with Gasteiger partial charge in [0.2, 0.25) is 5.69 Å². The monoisotopic (exact) mass is 470 g/mol. The Morgan fingerprint density at radius 3 is 2.21 bits per heavy atom. The molecule has 3 rings (SSSR count). The van der Waals surface area contributed by atoms with E-state index in [9.17, 15) is 22.8 Å². The van der Waals surface area contributed by atoms with Crippen molar-refractivity contribution in [2.75, 3.05) is 6.26 Å². The maximum absolute atomic E-state index is 13.2. The van der Waals surface area contributed by atoms with E-state index in [1.807, 2.05) is 26.0 Å². The summed E-state index contributed by atoms with van der Waals surface area (Å²) in [7, 11) is -3.44. The predicted octanol–water partition coefficient (Wildman–Crippen LogP) is 1.68. The lowest BCUT2D eigenvalue weighted by molar-refractivity contribution is 0.0929. The minimum absolute atomic E-state index is 0.0501. The molecule has 1 unspecified atom stereocenters. The Labute approximate surface area is 191 Å². The first-order valence-electron chi connectivity index (χ1n) is 10.4. The van der Waals surface area contributed by atoms with Crippen LogP contribution in [0.15, 0.2) is 63.0 Å². The highest BCUT2D eigenvalue weighted by molar-refractivity contribution is 7.90. The summed E-state index contributed by atoms with van der Waals surface area (Å²) in [5.41, 5.74) is -0.00826. The summed E-state index contributed by atoms with van der Waals surface area (Å²) in [5, 5.41) is 6.75. The number of carbonyl (C=O) groups is 1. The third-order valence-corrected chi connectivity index (χ3v) is 6.36. The number of rotatable bonds is 7. The van der Waals surface area contributed by atoms with E-state index in [0.29, 0.717) is 12.0 Å². The summed E-state index contributed by atoms with van der Waals surface area (Å²) in [6.07, 6.45) is 1.72. The smallest absolute Gasteiger partial charge is 0.348 e. The number of amides is 1. The molecule has 174 valence electrons. The molecule has 1 amide bonds. The fourth-order valence-corrected chi connectivity index (χ4v) is 3.70. The van der Waals surface area contributed by atoms with E-state index in [1.54, 1.807) is 19.1 Å². The van der Waals surface area contributed by atoms with E-state index in [0.717, 1.165) is 21.1 Å². The van der Waals surface area contributed by atoms with Gasteiger partial charge in [-0.3, -0.25) is 14.2 Å². The van der Waals surface area contributed by atoms with E-state index in [-0.39, 0.29) is 23.2 Å². The fourth-order valence-electron chi connectivity index (χ4n) is 3.07. The number of nitrogens with one attached hydrogen (secondary N) is 1. The Kier molecular flexibility index (Phi) is 6.97. The fraction of sp³-hybridized carbons (Fsp3) is 0.304. The quantitative estimate of drug-likeness (QED) is 0.561. The van der Waals surface area contributed by atoms with Gasteiger partial charge in [-0.25, -0.2) is 13.2 Å². The Morgan fingerprint density at radius 1 is 1.06 bits per heavy atom. The lowest BCUT2D eigenvalue weighted by Crippen LogP contribution is -2.47. The van der Waals surface area contributed by atoms with E-state index in [1.165, 1.54) is 24.3 Å². The van der Waals surface area contributed by atoms with Crippen molar-refractivity contribution in [1.29, 1.82) is 0 Å². The van der Waals surface area contributed by atoms with Crippen molar-refractivity contribution >= 4 is 15.7 Å². The van der Waals surface area contributed by atoms with Crippen LogP contribution in [0.25, 0.3) is 5.69 Å². The molecule has 0 bridgehead atoms. The standard InChI is InChI=1S/C23H26N4O5S/c1-5-16(3)24-21(28)20-22(29)26(14-17-8-6-15(2)7-9-17)23(30)27(25-20)18-10-12-19(13-11-18)33(4,31)32/h6-13,16H,5,14H2,1-4H3,(H,24,28). The maximum Gasteiger partial charge on any atom is 0.352 e. The Balaban J connectivity index is 2.18. The first-order valence-corrected chi connectivity index (χ1v) is 12.3. The second-order valence-electron chi connectivity index (χ2n) is 7.97. The molecule has 10 heteroatoms. The SMILES string of the molecule is CCC(C)NC(=O)c1nn(-c2ccc(S(C)(=O)=O)cc2)c(=O)n(Cc2ccc(C)cc2)c1=O. The third-order valence-electron chi connectivity index (χ3n) is 5.24. The number of aryl methyl sites for hydroxylation is 1. The molecule has 1 N–H and O–H groups in total. The number of carbonyl (C=O) groups excluding carboxylic acids is 1. The number of aromatic nitrogens is 3. The van der Waals surface area contributed by atoms with Crippen LogP contribution in [0.3, 0.4) is 0 Å². The average Bonchev–Trinajstić information content (AvgIpc) is 2.77. The van der Waals surface area contributed by atoms with Gasteiger partial charge in [-0.05, 0) is 50.1 Å². The van der Waals surface area contributed by atoms with Gasteiger partial charge < -0.3 is 5.32 Å². The van der Waals surface area contributed by atoms with Crippen molar-refractivity contribution in [3.05, 3.63) is 86.2 Å². The second kappa shape index (κ2) is 9.53. The van der Waals surface area contributed by atoms with Crippen LogP contribution in [0.2, 0.25) is 0 Å². The van der Waals surface area contributed by atoms with Gasteiger partial charge in [0.1, 0.15) is 0 Å². The molecule has 1 atom stereocenters. The molecular formula is C23H26N4O5S. The molecule has 9 nitrogen and oxygen atoms in total. The Hall–Kier alpha value is -3.53. The van der Waals surface area contributed by atoms with E-state index in [4.69, 9.17) is 0 Å². The first-order chi connectivity index (χ1) is 15.5. The van der Waals surface area contributed by atoms with Crippen LogP contribution in [-0.2, 0) is 16.4 Å². The van der Waals surface area contributed by atoms with E-state index in [2.05, 4.69) is 10.4 Å². The number of hydrogen-bond donors (Lipinski definition) is 1. The predicted molar refractivity (Wildman–Crippen MR) is 125 cm³/mol. The summed E-state index contributed by atoms with van der Waals surface area (Å²) in [6.45, 7) is 5.55. The van der Waals surface area contributed by atoms with Gasteiger partial charge >= 0.3 is 5.69 Å². The molecule has 0 fully saturated rings. The molecule has 1 aromatic heterocycles. The highest BCUT2D eigenvalue weighted by atomic mass is 32.2. The molecule has 0 saturated carbocycles. The van der Waals surface area contributed by atoms with Crippen molar-refractivity contribution in [3.63, 3.8) is 0 Å². The number of nitrogens with zero attached hydrogens (tertiary/aromatic N) is 3. The molecule has 2 aromatic carbocycles. The van der Waals surface area contributed by atoms with Gasteiger partial charge in [0.05, 0.1) is 17.1 Å². The lowest BCUT2D eigenvalue weighted by atomic mass is 10.1. The van der Waals surface area contributed by atoms with Crippen LogP contribution in [0.4, 0.5) is 0 Å². The van der Waals surface area contributed by atoms with Crippen LogP contribution in [0, 0.1) is 6.92 Å². The number of hydrogen-bond acceptors (Lipinski definition) is 6. The van der Waals surface area contributed by atoms with Crippen LogP contribution in [0.5, 0.6) is 0 Å². The van der Waals surface area contributed by atoms with Crippen LogP contribution >= 0.6 is 0 Å². The summed E-state index contributed by atoms with van der Waals surface area (Å²) < 4.78 is 25.4. The van der Waals surface area contributed by atoms with Crippen molar-refractivity contribution < 1.29 is 13.2 Å². The third kappa shape index (κ3) is 5.46. The van der Waals surface area contributed by atoms with Crippen LogP contribution in [0.1, 0.15) is 41.9 Å². The van der Waals surface area contributed by atoms with Crippen molar-refractivity contribution in [2.24, 2.45) is 0 Å². The molecule has 3 aromatic rings. The van der Waals surface area contributed by atoms with Gasteiger partial charge in [-0.15, -0.1) is 0 Å². The Morgan fingerprint density at radius 2 is 1.67 bits per heavy atom. The summed E-state index contributed by atoms with van der Waals surface area (Å²) in [5.74, 6) is -0.687. The minimum atomic E-state index is -3.44. The first kappa shape index (κ1) is 24.1. The normalized spacial score (nSPS) is 12.4. The summed E-state index contributed by atoms with van der Waals surface area (Å²) in [6, 6.07) is 12.6. The maximum atomic E-state index is 13.2. The van der Waals surface area contributed by atoms with Gasteiger partial charge in [0.15, 0.2) is 9.84 Å².